The molecule has 2 aromatic carbocycles. The third kappa shape index (κ3) is 14.5. The lowest BCUT2D eigenvalue weighted by Crippen LogP contribution is -2.40. The smallest absolute Gasteiger partial charge is 0.264 e. The second-order valence-corrected chi connectivity index (χ2v) is 16.8. The summed E-state index contributed by atoms with van der Waals surface area (Å²) >= 11 is 0. The minimum Gasteiger partial charge on any atom is -0.491 e. The number of hydrogen-bond donors (Lipinski definition) is 4. The molecule has 0 aliphatic heterocycles. The Balaban J connectivity index is 1.76. The van der Waals surface area contributed by atoms with Gasteiger partial charge in [0.2, 0.25) is 5.91 Å². The number of Topliss-reactive ketones (excluding diaryl/α,β-unsaturated/α-hetero) is 1. The molecule has 0 spiro atoms. The Labute approximate surface area is 328 Å². The molecule has 304 valence electrons. The predicted molar refractivity (Wildman–Crippen MR) is 215 cm³/mol. The third-order valence-electron chi connectivity index (χ3n) is 9.58. The van der Waals surface area contributed by atoms with Crippen molar-refractivity contribution >= 4 is 33.3 Å². The van der Waals surface area contributed by atoms with Gasteiger partial charge in [0.25, 0.3) is 15.9 Å². The molecule has 2 unspecified atom stereocenters. The molecule has 3 aromatic rings. The van der Waals surface area contributed by atoms with Crippen LogP contribution in [0.2, 0.25) is 0 Å². The minimum atomic E-state index is -4.28. The van der Waals surface area contributed by atoms with Crippen LogP contribution in [0.4, 0.5) is 5.69 Å². The molecule has 0 bridgehead atoms. The third-order valence-corrected chi connectivity index (χ3v) is 10.9. The molecule has 0 saturated heterocycles. The Morgan fingerprint density at radius 1 is 0.836 bits per heavy atom. The highest BCUT2D eigenvalue weighted by atomic mass is 32.2. The summed E-state index contributed by atoms with van der Waals surface area (Å²) in [5.74, 6) is -1.47. The topological polar surface area (TPSA) is 169 Å². The van der Waals surface area contributed by atoms with E-state index in [1.807, 2.05) is 10.8 Å². The molecule has 2 amide bonds. The summed E-state index contributed by atoms with van der Waals surface area (Å²) in [6.45, 7) is 9.19. The number of ether oxygens (including phenoxy) is 1. The van der Waals surface area contributed by atoms with Crippen molar-refractivity contribution in [2.75, 3.05) is 11.9 Å². The number of nitrogens with zero attached hydrogens (tertiary/aromatic N) is 2. The summed E-state index contributed by atoms with van der Waals surface area (Å²) < 4.78 is 35.8. The van der Waals surface area contributed by atoms with Crippen molar-refractivity contribution < 1.29 is 32.7 Å². The number of rotatable bonds is 26. The van der Waals surface area contributed by atoms with Crippen LogP contribution in [0, 0.1) is 5.41 Å². The number of unbranched alkanes of at least 4 members (excludes halogenated alkanes) is 13. The van der Waals surface area contributed by atoms with E-state index in [1.165, 1.54) is 106 Å². The maximum atomic E-state index is 14.3. The number of carbonyl (C=O) groups excluding carboxylic acids is 3. The van der Waals surface area contributed by atoms with Crippen LogP contribution in [0.3, 0.4) is 0 Å². The number of sulfonamides is 1. The van der Waals surface area contributed by atoms with E-state index in [0.29, 0.717) is 12.2 Å². The van der Waals surface area contributed by atoms with Gasteiger partial charge in [0.05, 0.1) is 17.2 Å². The quantitative estimate of drug-likeness (QED) is 0.0353. The summed E-state index contributed by atoms with van der Waals surface area (Å²) in [5.41, 5.74) is 1.93. The van der Waals surface area contributed by atoms with Crippen LogP contribution in [0.1, 0.15) is 154 Å². The maximum absolute atomic E-state index is 14.3. The Kier molecular flexibility index (Phi) is 19.0. The fourth-order valence-corrected chi connectivity index (χ4v) is 7.42. The van der Waals surface area contributed by atoms with E-state index in [2.05, 4.69) is 22.7 Å². The first kappa shape index (κ1) is 45.3. The van der Waals surface area contributed by atoms with Gasteiger partial charge in [-0.1, -0.05) is 148 Å². The Morgan fingerprint density at radius 2 is 1.42 bits per heavy atom. The number of carbonyl (C=O) groups is 3. The summed E-state index contributed by atoms with van der Waals surface area (Å²) in [7, 11) is -4.28. The van der Waals surface area contributed by atoms with Crippen LogP contribution in [-0.4, -0.2) is 47.4 Å². The molecule has 1 aromatic heterocycles. The van der Waals surface area contributed by atoms with E-state index in [9.17, 15) is 28.0 Å². The number of amides is 2. The highest BCUT2D eigenvalue weighted by Gasteiger charge is 2.38. The van der Waals surface area contributed by atoms with Gasteiger partial charge in [0.15, 0.2) is 11.8 Å². The molecule has 4 N–H and O–H groups in total. The summed E-state index contributed by atoms with van der Waals surface area (Å²) in [6, 6.07) is 10.6. The van der Waals surface area contributed by atoms with Crippen LogP contribution in [0.5, 0.6) is 5.75 Å². The fraction of sp³-hybridized carbons (Fsp3) is 0.571. The standard InChI is InChI=1S/C42H63N5O7S/c1-6-8-9-10-11-12-13-14-15-16-17-18-19-23-30-54-35-27-26-33(55(52,53)46-36(48)7-2)31-34(35)44-41(50)38(39(49)42(3,4)5)47-29-28-43-40(47)37(45-51)32-24-21-20-22-25-32/h20-22,24-29,31,37-38,45,51H,6-19,23,30H2,1-5H3,(H,44,50)(H,46,48). The number of hydroxylamine groups is 1. The van der Waals surface area contributed by atoms with Crippen LogP contribution in [0.25, 0.3) is 0 Å². The van der Waals surface area contributed by atoms with Gasteiger partial charge in [-0.05, 0) is 30.2 Å². The Morgan fingerprint density at radius 3 is 1.96 bits per heavy atom. The number of nitrogens with one attached hydrogen (secondary N) is 3. The molecular weight excluding hydrogens is 719 g/mol. The number of benzene rings is 2. The second-order valence-electron chi connectivity index (χ2n) is 15.2. The van der Waals surface area contributed by atoms with Gasteiger partial charge in [0, 0.05) is 24.2 Å². The largest absolute Gasteiger partial charge is 0.491 e. The van der Waals surface area contributed by atoms with Gasteiger partial charge in [-0.25, -0.2) is 18.1 Å². The van der Waals surface area contributed by atoms with Crippen LogP contribution in [-0.2, 0) is 24.4 Å². The zero-order chi connectivity index (χ0) is 40.3. The first-order valence-corrected chi connectivity index (χ1v) is 21.5. The van der Waals surface area contributed by atoms with E-state index in [-0.39, 0.29) is 28.6 Å². The van der Waals surface area contributed by atoms with Crippen molar-refractivity contribution in [2.24, 2.45) is 5.41 Å². The first-order chi connectivity index (χ1) is 26.3. The number of anilines is 1. The van der Waals surface area contributed by atoms with Gasteiger partial charge in [-0.15, -0.1) is 0 Å². The summed E-state index contributed by atoms with van der Waals surface area (Å²) in [4.78, 5) is 44.5. The summed E-state index contributed by atoms with van der Waals surface area (Å²) in [5, 5.41) is 13.0. The Bertz CT molecular complexity index is 1740. The highest BCUT2D eigenvalue weighted by Crippen LogP contribution is 2.33. The first-order valence-electron chi connectivity index (χ1n) is 20.0. The second kappa shape index (κ2) is 23.1. The zero-order valence-electron chi connectivity index (χ0n) is 33.4. The molecule has 0 aliphatic carbocycles. The van der Waals surface area contributed by atoms with E-state index in [1.54, 1.807) is 45.0 Å². The van der Waals surface area contributed by atoms with Crippen molar-refractivity contribution in [2.45, 2.75) is 148 Å². The molecule has 0 radical (unpaired) electrons. The van der Waals surface area contributed by atoms with Crippen LogP contribution in [0.15, 0.2) is 65.8 Å². The van der Waals surface area contributed by atoms with E-state index >= 15 is 0 Å². The Hall–Kier alpha value is -4.07. The highest BCUT2D eigenvalue weighted by molar-refractivity contribution is 7.90. The number of ketones is 1. The molecule has 3 rings (SSSR count). The van der Waals surface area contributed by atoms with Crippen molar-refractivity contribution in [1.82, 2.24) is 19.8 Å². The number of aromatic nitrogens is 2. The summed E-state index contributed by atoms with van der Waals surface area (Å²) in [6.07, 6.45) is 19.9. The molecule has 13 heteroatoms. The molecule has 0 saturated carbocycles. The average Bonchev–Trinajstić information content (AvgIpc) is 3.62. The van der Waals surface area contributed by atoms with Crippen LogP contribution >= 0.6 is 0 Å². The molecule has 0 aliphatic rings. The molecule has 0 fully saturated rings. The van der Waals surface area contributed by atoms with Crippen molar-refractivity contribution in [3.8, 4) is 5.75 Å². The monoisotopic (exact) mass is 781 g/mol. The molecular formula is C42H63N5O7S. The maximum Gasteiger partial charge on any atom is 0.264 e. The molecule has 2 atom stereocenters. The van der Waals surface area contributed by atoms with Crippen molar-refractivity contribution in [1.29, 1.82) is 0 Å². The lowest BCUT2D eigenvalue weighted by molar-refractivity contribution is -0.135. The molecule has 1 heterocycles. The van der Waals surface area contributed by atoms with Gasteiger partial charge in [0.1, 0.15) is 17.6 Å². The van der Waals surface area contributed by atoms with E-state index in [0.717, 1.165) is 25.7 Å². The lowest BCUT2D eigenvalue weighted by atomic mass is 9.85. The van der Waals surface area contributed by atoms with Gasteiger partial charge >= 0.3 is 0 Å². The lowest BCUT2D eigenvalue weighted by Gasteiger charge is -2.28. The SMILES string of the molecule is CCCCCCCCCCCCCCCCOc1ccc(S(=O)(=O)NC(=O)CC)cc1NC(=O)C(C(=O)C(C)(C)C)n1ccnc1C(NO)c1ccccc1. The van der Waals surface area contributed by atoms with Crippen LogP contribution < -0.4 is 20.3 Å². The van der Waals surface area contributed by atoms with Crippen molar-refractivity contribution in [3.05, 3.63) is 72.3 Å². The fourth-order valence-electron chi connectivity index (χ4n) is 6.34. The average molecular weight is 782 g/mol. The minimum absolute atomic E-state index is 0.0236. The van der Waals surface area contributed by atoms with Gasteiger partial charge in [-0.2, -0.15) is 5.48 Å². The van der Waals surface area contributed by atoms with Gasteiger partial charge in [-0.3, -0.25) is 14.4 Å². The van der Waals surface area contributed by atoms with Gasteiger partial charge < -0.3 is 19.8 Å². The number of imidazole rings is 1. The van der Waals surface area contributed by atoms with E-state index in [4.69, 9.17) is 4.74 Å². The van der Waals surface area contributed by atoms with E-state index < -0.39 is 45.1 Å². The molecule has 12 nitrogen and oxygen atoms in total. The normalized spacial score (nSPS) is 12.9. The number of hydrogen-bond acceptors (Lipinski definition) is 9. The van der Waals surface area contributed by atoms with Crippen molar-refractivity contribution in [3.63, 3.8) is 0 Å². The predicted octanol–water partition coefficient (Wildman–Crippen LogP) is 8.82. The molecule has 55 heavy (non-hydrogen) atoms. The zero-order valence-corrected chi connectivity index (χ0v) is 34.3.